The van der Waals surface area contributed by atoms with Crippen molar-refractivity contribution >= 4 is 18.3 Å². The minimum absolute atomic E-state index is 0. The molecule has 1 saturated carbocycles. The predicted octanol–water partition coefficient (Wildman–Crippen LogP) is 2.35. The van der Waals surface area contributed by atoms with Gasteiger partial charge in [0.25, 0.3) is 0 Å². The molecule has 1 saturated heterocycles. The minimum Gasteiger partial charge on any atom is -0.340 e. The van der Waals surface area contributed by atoms with Crippen LogP contribution in [0.1, 0.15) is 36.8 Å². The molecule has 1 aromatic rings. The summed E-state index contributed by atoms with van der Waals surface area (Å²) < 4.78 is 0. The van der Waals surface area contributed by atoms with Gasteiger partial charge in [-0.05, 0) is 36.8 Å². The maximum Gasteiger partial charge on any atom is 0.227 e. The van der Waals surface area contributed by atoms with Crippen LogP contribution in [-0.2, 0) is 11.2 Å². The lowest BCUT2D eigenvalue weighted by molar-refractivity contribution is -0.131. The Bertz CT molecular complexity index is 456. The van der Waals surface area contributed by atoms with Crippen LogP contribution in [0.5, 0.6) is 0 Å². The van der Waals surface area contributed by atoms with Crippen LogP contribution in [0.15, 0.2) is 24.3 Å². The monoisotopic (exact) mass is 294 g/mol. The molecule has 1 amide bonds. The van der Waals surface area contributed by atoms with E-state index in [9.17, 15) is 4.79 Å². The Morgan fingerprint density at radius 3 is 2.60 bits per heavy atom. The third-order valence-corrected chi connectivity index (χ3v) is 4.11. The van der Waals surface area contributed by atoms with Crippen LogP contribution < -0.4 is 5.32 Å². The van der Waals surface area contributed by atoms with E-state index in [0.717, 1.165) is 31.1 Å². The fraction of sp³-hybridized carbons (Fsp3) is 0.562. The maximum absolute atomic E-state index is 12.2. The van der Waals surface area contributed by atoms with Crippen molar-refractivity contribution < 1.29 is 4.79 Å². The van der Waals surface area contributed by atoms with Gasteiger partial charge in [0.2, 0.25) is 5.91 Å². The molecule has 0 unspecified atom stereocenters. The summed E-state index contributed by atoms with van der Waals surface area (Å²) in [5, 5.41) is 3.36. The van der Waals surface area contributed by atoms with Crippen molar-refractivity contribution in [3.63, 3.8) is 0 Å². The number of amides is 1. The summed E-state index contributed by atoms with van der Waals surface area (Å²) >= 11 is 0. The Morgan fingerprint density at radius 1 is 1.30 bits per heavy atom. The van der Waals surface area contributed by atoms with E-state index in [2.05, 4.69) is 36.5 Å². The lowest BCUT2D eigenvalue weighted by Gasteiger charge is -2.32. The van der Waals surface area contributed by atoms with Crippen molar-refractivity contribution in [2.24, 2.45) is 0 Å². The summed E-state index contributed by atoms with van der Waals surface area (Å²) in [7, 11) is 0. The molecule has 1 aliphatic heterocycles. The van der Waals surface area contributed by atoms with Crippen molar-refractivity contribution in [2.75, 3.05) is 19.6 Å². The molecule has 2 aliphatic rings. The predicted molar refractivity (Wildman–Crippen MR) is 83.4 cm³/mol. The first-order valence-electron chi connectivity index (χ1n) is 7.32. The van der Waals surface area contributed by atoms with E-state index in [1.165, 1.54) is 18.4 Å². The van der Waals surface area contributed by atoms with Crippen molar-refractivity contribution in [3.05, 3.63) is 35.4 Å². The molecular weight excluding hydrogens is 272 g/mol. The summed E-state index contributed by atoms with van der Waals surface area (Å²) in [5.74, 6) is 1.05. The van der Waals surface area contributed by atoms with Crippen molar-refractivity contribution in [1.82, 2.24) is 10.2 Å². The quantitative estimate of drug-likeness (QED) is 0.928. The summed E-state index contributed by atoms with van der Waals surface area (Å²) in [5.41, 5.74) is 2.58. The van der Waals surface area contributed by atoms with Gasteiger partial charge in [0.05, 0.1) is 6.42 Å². The highest BCUT2D eigenvalue weighted by molar-refractivity contribution is 5.85. The number of carbonyl (C=O) groups is 1. The molecule has 0 radical (unpaired) electrons. The van der Waals surface area contributed by atoms with Crippen LogP contribution in [0.3, 0.4) is 0 Å². The van der Waals surface area contributed by atoms with Crippen LogP contribution in [-0.4, -0.2) is 36.5 Å². The Labute approximate surface area is 127 Å². The van der Waals surface area contributed by atoms with E-state index in [1.54, 1.807) is 0 Å². The lowest BCUT2D eigenvalue weighted by Crippen LogP contribution is -2.51. The smallest absolute Gasteiger partial charge is 0.227 e. The first-order valence-corrected chi connectivity index (χ1v) is 7.32. The molecule has 3 rings (SSSR count). The first-order chi connectivity index (χ1) is 9.22. The Morgan fingerprint density at radius 2 is 2.00 bits per heavy atom. The van der Waals surface area contributed by atoms with Gasteiger partial charge in [-0.15, -0.1) is 12.4 Å². The van der Waals surface area contributed by atoms with Crippen LogP contribution in [0, 0.1) is 0 Å². The fourth-order valence-corrected chi connectivity index (χ4v) is 2.77. The van der Waals surface area contributed by atoms with Gasteiger partial charge >= 0.3 is 0 Å². The zero-order valence-electron chi connectivity index (χ0n) is 12.0. The largest absolute Gasteiger partial charge is 0.340 e. The third-order valence-electron chi connectivity index (χ3n) is 4.11. The Balaban J connectivity index is 0.00000147. The number of nitrogens with zero attached hydrogens (tertiary/aromatic N) is 1. The van der Waals surface area contributed by atoms with Gasteiger partial charge in [0.15, 0.2) is 0 Å². The summed E-state index contributed by atoms with van der Waals surface area (Å²) in [4.78, 5) is 14.2. The molecule has 0 spiro atoms. The highest BCUT2D eigenvalue weighted by Crippen LogP contribution is 2.39. The molecule has 1 atom stereocenters. The number of rotatable bonds is 3. The van der Waals surface area contributed by atoms with Crippen molar-refractivity contribution in [1.29, 1.82) is 0 Å². The molecule has 2 fully saturated rings. The molecule has 1 aromatic carbocycles. The minimum atomic E-state index is 0. The molecular formula is C16H23ClN2O. The number of benzene rings is 1. The molecule has 0 aromatic heterocycles. The number of hydrogen-bond acceptors (Lipinski definition) is 2. The van der Waals surface area contributed by atoms with E-state index in [1.807, 2.05) is 4.90 Å². The molecule has 20 heavy (non-hydrogen) atoms. The summed E-state index contributed by atoms with van der Waals surface area (Å²) in [6.45, 7) is 4.71. The van der Waals surface area contributed by atoms with Crippen molar-refractivity contribution in [2.45, 2.75) is 38.1 Å². The Hall–Kier alpha value is -1.06. The topological polar surface area (TPSA) is 32.3 Å². The van der Waals surface area contributed by atoms with Gasteiger partial charge in [-0.25, -0.2) is 0 Å². The number of carbonyl (C=O) groups excluding carboxylic acids is 1. The number of hydrogen-bond donors (Lipinski definition) is 1. The van der Waals surface area contributed by atoms with Crippen LogP contribution in [0.2, 0.25) is 0 Å². The maximum atomic E-state index is 12.2. The van der Waals surface area contributed by atoms with Gasteiger partial charge in [-0.3, -0.25) is 4.79 Å². The fourth-order valence-electron chi connectivity index (χ4n) is 2.77. The zero-order chi connectivity index (χ0) is 13.2. The highest BCUT2D eigenvalue weighted by atomic mass is 35.5. The van der Waals surface area contributed by atoms with Gasteiger partial charge < -0.3 is 10.2 Å². The summed E-state index contributed by atoms with van der Waals surface area (Å²) in [6.07, 6.45) is 3.20. The standard InChI is InChI=1S/C16H22N2O.ClH/c1-12-11-18(9-8-17-12)16(19)10-13-2-4-14(5-3-13)15-6-7-15;/h2-5,12,15,17H,6-11H2,1H3;1H/t12-;/m0./s1. The number of halogens is 1. The van der Waals surface area contributed by atoms with E-state index in [0.29, 0.717) is 12.5 Å². The summed E-state index contributed by atoms with van der Waals surface area (Å²) in [6, 6.07) is 9.05. The van der Waals surface area contributed by atoms with Gasteiger partial charge in [-0.2, -0.15) is 0 Å². The lowest BCUT2D eigenvalue weighted by atomic mass is 10.1. The van der Waals surface area contributed by atoms with Crippen LogP contribution in [0.25, 0.3) is 0 Å². The number of nitrogens with one attached hydrogen (secondary N) is 1. The molecule has 1 aliphatic carbocycles. The molecule has 1 heterocycles. The molecule has 1 N–H and O–H groups in total. The highest BCUT2D eigenvalue weighted by Gasteiger charge is 2.23. The third kappa shape index (κ3) is 3.74. The van der Waals surface area contributed by atoms with E-state index in [4.69, 9.17) is 0 Å². The normalized spacial score (nSPS) is 22.2. The van der Waals surface area contributed by atoms with Gasteiger partial charge in [0, 0.05) is 25.7 Å². The molecule has 110 valence electrons. The van der Waals surface area contributed by atoms with Crippen LogP contribution >= 0.6 is 12.4 Å². The van der Waals surface area contributed by atoms with E-state index >= 15 is 0 Å². The van der Waals surface area contributed by atoms with E-state index in [-0.39, 0.29) is 18.3 Å². The van der Waals surface area contributed by atoms with Gasteiger partial charge in [0.1, 0.15) is 0 Å². The zero-order valence-corrected chi connectivity index (χ0v) is 12.8. The second-order valence-corrected chi connectivity index (χ2v) is 5.89. The van der Waals surface area contributed by atoms with E-state index < -0.39 is 0 Å². The Kier molecular flexibility index (Phi) is 5.06. The SMILES string of the molecule is C[C@H]1CN(C(=O)Cc2ccc(C3CC3)cc2)CCN1.Cl. The first kappa shape index (κ1) is 15.3. The molecule has 0 bridgehead atoms. The second-order valence-electron chi connectivity index (χ2n) is 5.89. The van der Waals surface area contributed by atoms with Crippen LogP contribution in [0.4, 0.5) is 0 Å². The average molecular weight is 295 g/mol. The molecule has 3 nitrogen and oxygen atoms in total. The molecule has 4 heteroatoms. The van der Waals surface area contributed by atoms with Crippen molar-refractivity contribution in [3.8, 4) is 0 Å². The average Bonchev–Trinajstić information content (AvgIpc) is 3.24. The van der Waals surface area contributed by atoms with Gasteiger partial charge in [-0.1, -0.05) is 24.3 Å². The number of piperazine rings is 1. The second kappa shape index (κ2) is 6.59.